The van der Waals surface area contributed by atoms with Crippen LogP contribution in [0.5, 0.6) is 0 Å². The summed E-state index contributed by atoms with van der Waals surface area (Å²) in [5, 5.41) is 5.66. The topological polar surface area (TPSA) is 86.3 Å². The second-order valence-corrected chi connectivity index (χ2v) is 6.91. The molecule has 1 heterocycles. The van der Waals surface area contributed by atoms with E-state index in [2.05, 4.69) is 27.5 Å². The Bertz CT molecular complexity index is 885. The van der Waals surface area contributed by atoms with E-state index in [1.165, 1.54) is 30.3 Å². The number of nitrogens with one attached hydrogen (secondary N) is 3. The molecular weight excluding hydrogens is 347 g/mol. The number of hydrogen-bond donors (Lipinski definition) is 3. The molecule has 1 aromatic heterocycles. The highest BCUT2D eigenvalue weighted by atomic mass is 19.1. The molecule has 2 aromatic rings. The first-order valence-electron chi connectivity index (χ1n) is 9.10. The number of nitrogens with zero attached hydrogens (tertiary/aromatic N) is 1. The smallest absolute Gasteiger partial charge is 0.258 e. The Balaban J connectivity index is 1.80. The van der Waals surface area contributed by atoms with E-state index >= 15 is 0 Å². The van der Waals surface area contributed by atoms with Crippen LogP contribution in [-0.4, -0.2) is 22.9 Å². The number of amides is 1. The lowest BCUT2D eigenvalue weighted by Gasteiger charge is -2.24. The van der Waals surface area contributed by atoms with Gasteiger partial charge in [0, 0.05) is 11.6 Å². The largest absolute Gasteiger partial charge is 0.312 e. The molecule has 0 unspecified atom stereocenters. The van der Waals surface area contributed by atoms with Crippen molar-refractivity contribution in [3.63, 3.8) is 0 Å². The van der Waals surface area contributed by atoms with Crippen molar-refractivity contribution in [2.45, 2.75) is 38.6 Å². The van der Waals surface area contributed by atoms with Gasteiger partial charge >= 0.3 is 0 Å². The van der Waals surface area contributed by atoms with Crippen LogP contribution in [0.15, 0.2) is 52.3 Å². The van der Waals surface area contributed by atoms with E-state index < -0.39 is 11.7 Å². The Morgan fingerprint density at radius 2 is 1.89 bits per heavy atom. The van der Waals surface area contributed by atoms with Crippen molar-refractivity contribution in [1.82, 2.24) is 10.3 Å². The molecule has 6 nitrogen and oxygen atoms in total. The summed E-state index contributed by atoms with van der Waals surface area (Å²) in [7, 11) is 0. The van der Waals surface area contributed by atoms with Crippen molar-refractivity contribution < 1.29 is 9.18 Å². The van der Waals surface area contributed by atoms with Crippen molar-refractivity contribution >= 4 is 17.7 Å². The maximum absolute atomic E-state index is 13.4. The third-order valence-corrected chi connectivity index (χ3v) is 4.64. The molecule has 3 rings (SSSR count). The number of aromatic nitrogens is 1. The molecule has 0 aliphatic heterocycles. The number of aliphatic imine (C=N–C) groups is 1. The van der Waals surface area contributed by atoms with Gasteiger partial charge in [0.2, 0.25) is 11.5 Å². The van der Waals surface area contributed by atoms with E-state index in [-0.39, 0.29) is 23.1 Å². The molecule has 1 aliphatic carbocycles. The van der Waals surface area contributed by atoms with Gasteiger partial charge in [-0.05, 0) is 55.9 Å². The molecule has 0 radical (unpaired) electrons. The second kappa shape index (κ2) is 8.62. The van der Waals surface area contributed by atoms with Gasteiger partial charge in [-0.3, -0.25) is 14.9 Å². The maximum atomic E-state index is 13.4. The number of pyridine rings is 1. The summed E-state index contributed by atoms with van der Waals surface area (Å²) in [5.41, 5.74) is -0.0642. The van der Waals surface area contributed by atoms with Crippen LogP contribution in [0, 0.1) is 11.7 Å². The summed E-state index contributed by atoms with van der Waals surface area (Å²) in [4.78, 5) is 31.3. The fourth-order valence-electron chi connectivity index (χ4n) is 3.11. The van der Waals surface area contributed by atoms with E-state index in [0.29, 0.717) is 11.7 Å². The molecule has 0 saturated heterocycles. The van der Waals surface area contributed by atoms with E-state index in [1.54, 1.807) is 12.1 Å². The predicted octanol–water partition coefficient (Wildman–Crippen LogP) is 3.29. The number of aromatic amines is 1. The number of carbonyl (C=O) groups excluding carboxylic acids is 1. The molecule has 27 heavy (non-hydrogen) atoms. The zero-order chi connectivity index (χ0) is 19.2. The third kappa shape index (κ3) is 5.51. The summed E-state index contributed by atoms with van der Waals surface area (Å²) in [5.74, 6) is 0.391. The quantitative estimate of drug-likeness (QED) is 0.572. The molecule has 0 bridgehead atoms. The molecule has 142 valence electrons. The normalized spacial score (nSPS) is 20.1. The Morgan fingerprint density at radius 1 is 1.15 bits per heavy atom. The Hall–Kier alpha value is -2.96. The average Bonchev–Trinajstić information content (AvgIpc) is 2.63. The van der Waals surface area contributed by atoms with Crippen LogP contribution in [0.1, 0.15) is 43.0 Å². The van der Waals surface area contributed by atoms with Gasteiger partial charge < -0.3 is 10.3 Å². The number of hydrogen-bond acceptors (Lipinski definition) is 3. The average molecular weight is 370 g/mol. The second-order valence-electron chi connectivity index (χ2n) is 6.91. The predicted molar refractivity (Wildman–Crippen MR) is 103 cm³/mol. The monoisotopic (exact) mass is 370 g/mol. The number of halogens is 1. The first-order valence-corrected chi connectivity index (χ1v) is 9.10. The van der Waals surface area contributed by atoms with Crippen molar-refractivity contribution in [2.24, 2.45) is 10.9 Å². The van der Waals surface area contributed by atoms with Crippen molar-refractivity contribution in [1.29, 1.82) is 0 Å². The molecule has 1 fully saturated rings. The van der Waals surface area contributed by atoms with Crippen molar-refractivity contribution in [3.05, 3.63) is 64.2 Å². The molecule has 1 amide bonds. The van der Waals surface area contributed by atoms with Crippen LogP contribution in [0.2, 0.25) is 0 Å². The minimum Gasteiger partial charge on any atom is -0.312 e. The number of rotatable bonds is 3. The number of carbonyl (C=O) groups is 1. The first-order chi connectivity index (χ1) is 13.0. The highest BCUT2D eigenvalue weighted by Crippen LogP contribution is 2.25. The van der Waals surface area contributed by atoms with Crippen LogP contribution in [0.4, 0.5) is 10.2 Å². The van der Waals surface area contributed by atoms with Gasteiger partial charge in [-0.2, -0.15) is 0 Å². The zero-order valence-corrected chi connectivity index (χ0v) is 15.2. The Kier molecular flexibility index (Phi) is 6.01. The fraction of sp³-hybridized carbons (Fsp3) is 0.350. The summed E-state index contributed by atoms with van der Waals surface area (Å²) >= 11 is 0. The van der Waals surface area contributed by atoms with E-state index in [0.717, 1.165) is 25.7 Å². The lowest BCUT2D eigenvalue weighted by molar-refractivity contribution is 0.0976. The zero-order valence-electron chi connectivity index (χ0n) is 15.2. The molecule has 1 aliphatic rings. The summed E-state index contributed by atoms with van der Waals surface area (Å²) < 4.78 is 13.4. The lowest BCUT2D eigenvalue weighted by atomic mass is 9.88. The van der Waals surface area contributed by atoms with Gasteiger partial charge in [-0.15, -0.1) is 0 Å². The Morgan fingerprint density at radius 3 is 2.59 bits per heavy atom. The van der Waals surface area contributed by atoms with Gasteiger partial charge in [-0.25, -0.2) is 9.38 Å². The summed E-state index contributed by atoms with van der Waals surface area (Å²) in [6, 6.07) is 10.2. The molecule has 7 heteroatoms. The van der Waals surface area contributed by atoms with E-state index in [1.807, 2.05) is 0 Å². The molecule has 0 atom stereocenters. The van der Waals surface area contributed by atoms with E-state index in [9.17, 15) is 14.0 Å². The third-order valence-electron chi connectivity index (χ3n) is 4.64. The fourth-order valence-corrected chi connectivity index (χ4v) is 3.11. The van der Waals surface area contributed by atoms with Crippen LogP contribution in [0.3, 0.4) is 0 Å². The van der Waals surface area contributed by atoms with Gasteiger partial charge in [0.05, 0.1) is 6.04 Å². The van der Waals surface area contributed by atoms with E-state index in [4.69, 9.17) is 0 Å². The van der Waals surface area contributed by atoms with Crippen molar-refractivity contribution in [2.75, 3.05) is 5.32 Å². The standard InChI is InChI=1S/C20H23FN4O2/c1-13-8-10-16(11-9-13)22-20(24-17-6-3-7-18(26)23-17)25-19(27)14-4-2-5-15(21)12-14/h2-7,12-13,16H,8-11H2,1H3,(H3,22,23,24,25,26,27). The minimum absolute atomic E-state index is 0.0898. The lowest BCUT2D eigenvalue weighted by Crippen LogP contribution is -2.38. The number of H-pyrrole nitrogens is 1. The number of anilines is 1. The maximum Gasteiger partial charge on any atom is 0.258 e. The van der Waals surface area contributed by atoms with Crippen LogP contribution in [0.25, 0.3) is 0 Å². The molecule has 1 aromatic carbocycles. The molecule has 1 saturated carbocycles. The van der Waals surface area contributed by atoms with Gasteiger partial charge in [-0.1, -0.05) is 19.1 Å². The molecule has 0 spiro atoms. The molecule has 3 N–H and O–H groups in total. The highest BCUT2D eigenvalue weighted by Gasteiger charge is 2.19. The van der Waals surface area contributed by atoms with Gasteiger partial charge in [0.1, 0.15) is 11.6 Å². The van der Waals surface area contributed by atoms with Crippen LogP contribution >= 0.6 is 0 Å². The SMILES string of the molecule is CC1CCC(N=C(NC(=O)c2cccc(F)c2)Nc2cccc(=O)[nH]2)CC1. The summed E-state index contributed by atoms with van der Waals surface area (Å²) in [6.45, 7) is 2.22. The van der Waals surface area contributed by atoms with Crippen LogP contribution < -0.4 is 16.2 Å². The molecular formula is C20H23FN4O2. The highest BCUT2D eigenvalue weighted by molar-refractivity contribution is 6.09. The number of benzene rings is 1. The first kappa shape index (κ1) is 18.8. The van der Waals surface area contributed by atoms with Crippen LogP contribution in [-0.2, 0) is 0 Å². The minimum atomic E-state index is -0.484. The van der Waals surface area contributed by atoms with Gasteiger partial charge in [0.25, 0.3) is 5.91 Å². The Labute approximate surface area is 156 Å². The summed E-state index contributed by atoms with van der Waals surface area (Å²) in [6.07, 6.45) is 4.05. The van der Waals surface area contributed by atoms with Crippen molar-refractivity contribution in [3.8, 4) is 0 Å². The van der Waals surface area contributed by atoms with Gasteiger partial charge in [0.15, 0.2) is 0 Å². The number of guanidine groups is 1.